The first-order valence-electron chi connectivity index (χ1n) is 14.2. The van der Waals surface area contributed by atoms with Crippen LogP contribution < -0.4 is 16.0 Å². The van der Waals surface area contributed by atoms with E-state index >= 15 is 0 Å². The van der Waals surface area contributed by atoms with Gasteiger partial charge >= 0.3 is 0 Å². The molecule has 0 saturated carbocycles. The van der Waals surface area contributed by atoms with Gasteiger partial charge in [0.1, 0.15) is 12.1 Å². The highest BCUT2D eigenvalue weighted by atomic mass is 32.1. The van der Waals surface area contributed by atoms with E-state index in [1.165, 1.54) is 22.5 Å². The highest BCUT2D eigenvalue weighted by molar-refractivity contribution is 7.12. The van der Waals surface area contributed by atoms with Crippen LogP contribution in [0, 0.1) is 0 Å². The molecular weight excluding hydrogens is 526 g/mol. The Bertz CT molecular complexity index is 1400. The second-order valence-corrected chi connectivity index (χ2v) is 11.6. The Hall–Kier alpha value is -3.66. The number of para-hydroxylation sites is 1. The van der Waals surface area contributed by atoms with Crippen molar-refractivity contribution in [2.24, 2.45) is 0 Å². The zero-order chi connectivity index (χ0) is 28.1. The molecule has 3 heterocycles. The molecule has 1 saturated heterocycles. The third-order valence-corrected chi connectivity index (χ3v) is 8.88. The topological polar surface area (TPSA) is 123 Å². The summed E-state index contributed by atoms with van der Waals surface area (Å²) >= 11 is 1.52. The van der Waals surface area contributed by atoms with Crippen molar-refractivity contribution in [3.63, 3.8) is 0 Å². The maximum absolute atomic E-state index is 13.6. The minimum Gasteiger partial charge on any atom is -0.361 e. The average molecular weight is 564 g/mol. The zero-order valence-corrected chi connectivity index (χ0v) is 23.7. The van der Waals surface area contributed by atoms with Crippen LogP contribution in [0.25, 0.3) is 10.9 Å². The van der Waals surface area contributed by atoms with Crippen LogP contribution in [0.2, 0.25) is 0 Å². The molecule has 0 spiro atoms. The van der Waals surface area contributed by atoms with E-state index < -0.39 is 18.0 Å². The normalized spacial score (nSPS) is 21.5. The minimum atomic E-state index is -0.813. The van der Waals surface area contributed by atoms with Crippen molar-refractivity contribution in [3.8, 4) is 0 Å². The highest BCUT2D eigenvalue weighted by Gasteiger charge is 2.27. The molecule has 2 aliphatic rings. The molecule has 212 valence electrons. The van der Waals surface area contributed by atoms with Gasteiger partial charge in [0.05, 0.1) is 4.88 Å². The summed E-state index contributed by atoms with van der Waals surface area (Å²) in [5, 5.41) is 11.7. The van der Waals surface area contributed by atoms with Crippen molar-refractivity contribution in [1.29, 1.82) is 0 Å². The summed E-state index contributed by atoms with van der Waals surface area (Å²) in [6.07, 6.45) is 7.65. The predicted molar refractivity (Wildman–Crippen MR) is 155 cm³/mol. The third-order valence-electron chi connectivity index (χ3n) is 7.82. The third kappa shape index (κ3) is 6.38. The van der Waals surface area contributed by atoms with Gasteiger partial charge in [0.15, 0.2) is 0 Å². The van der Waals surface area contributed by atoms with E-state index in [0.29, 0.717) is 38.9 Å². The summed E-state index contributed by atoms with van der Waals surface area (Å²) in [6.45, 7) is 2.90. The summed E-state index contributed by atoms with van der Waals surface area (Å²) < 4.78 is 0. The number of aryl methyl sites for hydroxylation is 1. The Balaban J connectivity index is 1.31. The number of nitrogens with zero attached hydrogens (tertiary/aromatic N) is 1. The number of thiophene rings is 1. The van der Waals surface area contributed by atoms with Crippen LogP contribution in [-0.4, -0.2) is 65.2 Å². The van der Waals surface area contributed by atoms with Gasteiger partial charge in [0.25, 0.3) is 5.91 Å². The van der Waals surface area contributed by atoms with E-state index in [-0.39, 0.29) is 24.1 Å². The number of fused-ring (bicyclic) bond motifs is 2. The molecule has 0 bridgehead atoms. The van der Waals surface area contributed by atoms with Crippen LogP contribution in [0.1, 0.15) is 65.4 Å². The minimum absolute atomic E-state index is 0.00614. The molecule has 0 radical (unpaired) electrons. The van der Waals surface area contributed by atoms with Gasteiger partial charge < -0.3 is 25.8 Å². The summed E-state index contributed by atoms with van der Waals surface area (Å²) in [6, 6.07) is 6.20. The van der Waals surface area contributed by atoms with Gasteiger partial charge in [-0.05, 0) is 73.6 Å². The van der Waals surface area contributed by atoms with Crippen LogP contribution in [0.5, 0.6) is 0 Å². The number of hydrogen-bond donors (Lipinski definition) is 4. The molecule has 1 fully saturated rings. The number of aromatic nitrogens is 1. The monoisotopic (exact) mass is 563 g/mol. The Labute approximate surface area is 238 Å². The maximum Gasteiger partial charge on any atom is 0.264 e. The van der Waals surface area contributed by atoms with Gasteiger partial charge in [0, 0.05) is 49.6 Å². The Kier molecular flexibility index (Phi) is 8.84. The lowest BCUT2D eigenvalue weighted by Gasteiger charge is -2.24. The summed E-state index contributed by atoms with van der Waals surface area (Å²) in [5.74, 6) is -0.956. The van der Waals surface area contributed by atoms with Crippen LogP contribution in [-0.2, 0) is 33.6 Å². The van der Waals surface area contributed by atoms with E-state index in [4.69, 9.17) is 0 Å². The van der Waals surface area contributed by atoms with Gasteiger partial charge in [0.2, 0.25) is 17.7 Å². The van der Waals surface area contributed by atoms with Gasteiger partial charge in [-0.15, -0.1) is 11.3 Å². The van der Waals surface area contributed by atoms with Crippen molar-refractivity contribution in [1.82, 2.24) is 25.8 Å². The first-order valence-corrected chi connectivity index (χ1v) is 15.1. The number of amides is 4. The molecule has 4 amide bonds. The first-order chi connectivity index (χ1) is 19.4. The number of H-pyrrole nitrogens is 1. The molecule has 1 aliphatic carbocycles. The van der Waals surface area contributed by atoms with Gasteiger partial charge in [-0.3, -0.25) is 19.2 Å². The molecule has 40 heavy (non-hydrogen) atoms. The zero-order valence-electron chi connectivity index (χ0n) is 22.9. The molecule has 2 aromatic heterocycles. The van der Waals surface area contributed by atoms with Crippen LogP contribution in [0.3, 0.4) is 0 Å². The quantitative estimate of drug-likeness (QED) is 0.391. The molecule has 0 unspecified atom stereocenters. The fourth-order valence-corrected chi connectivity index (χ4v) is 6.72. The lowest BCUT2D eigenvalue weighted by atomic mass is 9.93. The number of rotatable bonds is 3. The number of carbonyl (C=O) groups excluding carboxylic acids is 4. The number of aromatic amines is 1. The Morgan fingerprint density at radius 1 is 0.975 bits per heavy atom. The van der Waals surface area contributed by atoms with Crippen molar-refractivity contribution in [2.75, 3.05) is 19.6 Å². The molecule has 3 aromatic rings. The lowest BCUT2D eigenvalue weighted by molar-refractivity contribution is -0.131. The fraction of sp³-hybridized carbons (Fsp3) is 0.467. The second kappa shape index (κ2) is 12.7. The standard InChI is InChI=1S/C30H37N5O4S/c1-19-28(37)34-25(16-21-17-32-24-11-5-4-9-22(21)24)29(38)31-13-7-15-35(14-6-12-26(36)33-19)30(39)27-23-10-3-2-8-20(23)18-40-27/h4-5,9,11,17-19,25,32H,2-3,6-8,10,12-16H2,1H3,(H,31,38)(H,33,36)(H,34,37)/t19-,25+/m0/s1. The van der Waals surface area contributed by atoms with Crippen LogP contribution in [0.4, 0.5) is 0 Å². The maximum atomic E-state index is 13.6. The van der Waals surface area contributed by atoms with Gasteiger partial charge in [-0.25, -0.2) is 0 Å². The molecule has 1 aliphatic heterocycles. The second-order valence-electron chi connectivity index (χ2n) is 10.7. The number of benzene rings is 1. The predicted octanol–water partition coefficient (Wildman–Crippen LogP) is 3.08. The Morgan fingerprint density at radius 2 is 1.77 bits per heavy atom. The van der Waals surface area contributed by atoms with E-state index in [0.717, 1.165) is 47.0 Å². The van der Waals surface area contributed by atoms with Crippen molar-refractivity contribution < 1.29 is 19.2 Å². The molecule has 10 heteroatoms. The SMILES string of the molecule is C[C@@H]1NC(=O)CCCN(C(=O)c2scc3c2CCCC3)CCCNC(=O)[C@@H](Cc2c[nH]c3ccccc23)NC1=O. The highest BCUT2D eigenvalue weighted by Crippen LogP contribution is 2.31. The molecular formula is C30H37N5O4S. The average Bonchev–Trinajstić information content (AvgIpc) is 3.57. The van der Waals surface area contributed by atoms with E-state index in [1.54, 1.807) is 6.92 Å². The first kappa shape index (κ1) is 27.9. The molecule has 5 rings (SSSR count). The lowest BCUT2D eigenvalue weighted by Crippen LogP contribution is -2.53. The number of nitrogens with one attached hydrogen (secondary N) is 4. The summed E-state index contributed by atoms with van der Waals surface area (Å²) in [4.78, 5) is 58.3. The van der Waals surface area contributed by atoms with Gasteiger partial charge in [-0.1, -0.05) is 18.2 Å². The summed E-state index contributed by atoms with van der Waals surface area (Å²) in [7, 11) is 0. The smallest absolute Gasteiger partial charge is 0.264 e. The van der Waals surface area contributed by atoms with Crippen molar-refractivity contribution in [2.45, 2.75) is 70.4 Å². The van der Waals surface area contributed by atoms with Crippen LogP contribution in [0.15, 0.2) is 35.8 Å². The summed E-state index contributed by atoms with van der Waals surface area (Å²) in [5.41, 5.74) is 4.35. The van der Waals surface area contributed by atoms with E-state index in [9.17, 15) is 19.2 Å². The van der Waals surface area contributed by atoms with Crippen LogP contribution >= 0.6 is 11.3 Å². The largest absolute Gasteiger partial charge is 0.361 e. The van der Waals surface area contributed by atoms with E-state index in [2.05, 4.69) is 26.3 Å². The molecule has 9 nitrogen and oxygen atoms in total. The van der Waals surface area contributed by atoms with Crippen molar-refractivity contribution in [3.05, 3.63) is 57.4 Å². The molecule has 2 atom stereocenters. The van der Waals surface area contributed by atoms with Crippen molar-refractivity contribution >= 4 is 45.9 Å². The fourth-order valence-electron chi connectivity index (χ4n) is 5.60. The molecule has 1 aromatic carbocycles. The molecule has 4 N–H and O–H groups in total. The number of hydrogen-bond acceptors (Lipinski definition) is 5. The van der Waals surface area contributed by atoms with Gasteiger partial charge in [-0.2, -0.15) is 0 Å². The van der Waals surface area contributed by atoms with E-state index in [1.807, 2.05) is 35.4 Å². The number of carbonyl (C=O) groups is 4. The Morgan fingerprint density at radius 3 is 2.65 bits per heavy atom.